The van der Waals surface area contributed by atoms with E-state index in [1.165, 1.54) is 56.0 Å². The summed E-state index contributed by atoms with van der Waals surface area (Å²) in [6, 6.07) is 13.3. The molecule has 3 rings (SSSR count). The highest BCUT2D eigenvalue weighted by Gasteiger charge is 2.11. The van der Waals surface area contributed by atoms with Crippen LogP contribution in [0.5, 0.6) is 0 Å². The van der Waals surface area contributed by atoms with E-state index in [0.717, 1.165) is 6.54 Å². The molecule has 1 aromatic carbocycles. The Kier molecular flexibility index (Phi) is 5.59. The minimum atomic E-state index is -0.451. The molecular weight excluding hydrogens is 289 g/mol. The molecule has 1 aliphatic rings. The van der Waals surface area contributed by atoms with E-state index in [2.05, 4.69) is 39.5 Å². The first-order chi connectivity index (χ1) is 11.3. The fraction of sp³-hybridized carbons (Fsp3) is 0.421. The van der Waals surface area contributed by atoms with Gasteiger partial charge in [0, 0.05) is 13.1 Å². The van der Waals surface area contributed by atoms with Crippen LogP contribution in [-0.4, -0.2) is 23.0 Å². The van der Waals surface area contributed by atoms with E-state index in [-0.39, 0.29) is 0 Å². The molecule has 3 nitrogen and oxygen atoms in total. The Labute approximate surface area is 137 Å². The summed E-state index contributed by atoms with van der Waals surface area (Å²) in [5.74, 6) is 0.127. The van der Waals surface area contributed by atoms with Crippen molar-refractivity contribution in [1.29, 1.82) is 0 Å². The van der Waals surface area contributed by atoms with Crippen molar-refractivity contribution in [3.63, 3.8) is 0 Å². The van der Waals surface area contributed by atoms with Crippen LogP contribution in [0.4, 0.5) is 10.2 Å². The Morgan fingerprint density at radius 3 is 2.39 bits per heavy atom. The molecule has 1 N–H and O–H groups in total. The summed E-state index contributed by atoms with van der Waals surface area (Å²) in [7, 11) is 0. The molecule has 2 aromatic rings. The number of anilines is 1. The quantitative estimate of drug-likeness (QED) is 0.838. The van der Waals surface area contributed by atoms with E-state index < -0.39 is 5.95 Å². The zero-order valence-electron chi connectivity index (χ0n) is 13.5. The molecule has 2 heterocycles. The van der Waals surface area contributed by atoms with Crippen LogP contribution < -0.4 is 5.32 Å². The summed E-state index contributed by atoms with van der Waals surface area (Å²) >= 11 is 0. The first kappa shape index (κ1) is 15.9. The van der Waals surface area contributed by atoms with Gasteiger partial charge in [-0.25, -0.2) is 4.98 Å². The van der Waals surface area contributed by atoms with Crippen molar-refractivity contribution in [2.45, 2.75) is 38.8 Å². The molecule has 0 unspecified atom stereocenters. The first-order valence-electron chi connectivity index (χ1n) is 8.47. The highest BCUT2D eigenvalue weighted by Crippen LogP contribution is 2.17. The maximum absolute atomic E-state index is 13.2. The second-order valence-electron chi connectivity index (χ2n) is 6.16. The van der Waals surface area contributed by atoms with Crippen molar-refractivity contribution in [3.8, 4) is 0 Å². The molecule has 0 radical (unpaired) electrons. The van der Waals surface area contributed by atoms with Crippen molar-refractivity contribution in [2.24, 2.45) is 0 Å². The van der Waals surface area contributed by atoms with Gasteiger partial charge in [-0.3, -0.25) is 4.90 Å². The van der Waals surface area contributed by atoms with Gasteiger partial charge in [0.2, 0.25) is 5.95 Å². The zero-order valence-corrected chi connectivity index (χ0v) is 13.5. The molecule has 1 fully saturated rings. The van der Waals surface area contributed by atoms with E-state index in [0.29, 0.717) is 12.4 Å². The van der Waals surface area contributed by atoms with Crippen molar-refractivity contribution < 1.29 is 4.39 Å². The van der Waals surface area contributed by atoms with Gasteiger partial charge >= 0.3 is 0 Å². The average molecular weight is 313 g/mol. The van der Waals surface area contributed by atoms with E-state index in [1.807, 2.05) is 0 Å². The van der Waals surface area contributed by atoms with Gasteiger partial charge in [0.05, 0.1) is 0 Å². The fourth-order valence-corrected chi connectivity index (χ4v) is 3.11. The predicted octanol–water partition coefficient (Wildman–Crippen LogP) is 4.21. The highest BCUT2D eigenvalue weighted by molar-refractivity contribution is 5.37. The lowest BCUT2D eigenvalue weighted by molar-refractivity contribution is 0.276. The number of hydrogen-bond donors (Lipinski definition) is 1. The number of hydrogen-bond acceptors (Lipinski definition) is 3. The van der Waals surface area contributed by atoms with Gasteiger partial charge in [0.15, 0.2) is 0 Å². The second kappa shape index (κ2) is 8.06. The molecule has 1 aliphatic heterocycles. The third-order valence-corrected chi connectivity index (χ3v) is 4.39. The molecule has 1 saturated heterocycles. The molecule has 4 heteroatoms. The third-order valence-electron chi connectivity index (χ3n) is 4.39. The summed E-state index contributed by atoms with van der Waals surface area (Å²) < 4.78 is 13.2. The zero-order chi connectivity index (χ0) is 15.9. The Morgan fingerprint density at radius 2 is 1.65 bits per heavy atom. The number of likely N-dealkylation sites (tertiary alicyclic amines) is 1. The number of pyridine rings is 1. The van der Waals surface area contributed by atoms with Gasteiger partial charge in [0.25, 0.3) is 0 Å². The number of benzene rings is 1. The molecular formula is C19H24FN3. The minimum Gasteiger partial charge on any atom is -0.366 e. The van der Waals surface area contributed by atoms with Gasteiger partial charge in [-0.1, -0.05) is 43.2 Å². The topological polar surface area (TPSA) is 28.2 Å². The summed E-state index contributed by atoms with van der Waals surface area (Å²) in [5.41, 5.74) is 2.60. The highest BCUT2D eigenvalue weighted by atomic mass is 19.1. The predicted molar refractivity (Wildman–Crippen MR) is 91.7 cm³/mol. The standard InChI is InChI=1S/C19H24FN3/c20-18-10-7-11-19(22-18)21-14-16-8-3-4-9-17(16)15-23-12-5-1-2-6-13-23/h3-4,7-11H,1-2,5-6,12-15H2,(H,21,22). The SMILES string of the molecule is Fc1cccc(NCc2ccccc2CN2CCCCCC2)n1. The normalized spacial score (nSPS) is 16.0. The van der Waals surface area contributed by atoms with Crippen LogP contribution in [-0.2, 0) is 13.1 Å². The van der Waals surface area contributed by atoms with Gasteiger partial charge in [-0.15, -0.1) is 0 Å². The Bertz CT molecular complexity index is 622. The van der Waals surface area contributed by atoms with Crippen LogP contribution in [0.15, 0.2) is 42.5 Å². The van der Waals surface area contributed by atoms with Crippen LogP contribution in [0.2, 0.25) is 0 Å². The second-order valence-corrected chi connectivity index (χ2v) is 6.16. The molecule has 0 aliphatic carbocycles. The van der Waals surface area contributed by atoms with E-state index in [4.69, 9.17) is 0 Å². The molecule has 0 saturated carbocycles. The van der Waals surface area contributed by atoms with Crippen LogP contribution in [0.25, 0.3) is 0 Å². The van der Waals surface area contributed by atoms with Crippen molar-refractivity contribution in [2.75, 3.05) is 18.4 Å². The molecule has 0 bridgehead atoms. The molecule has 0 atom stereocenters. The average Bonchev–Trinajstić information content (AvgIpc) is 2.83. The monoisotopic (exact) mass is 313 g/mol. The van der Waals surface area contributed by atoms with Crippen LogP contribution in [0.1, 0.15) is 36.8 Å². The van der Waals surface area contributed by atoms with Crippen molar-refractivity contribution in [3.05, 3.63) is 59.5 Å². The number of rotatable bonds is 5. The lowest BCUT2D eigenvalue weighted by Crippen LogP contribution is -2.24. The fourth-order valence-electron chi connectivity index (χ4n) is 3.11. The first-order valence-corrected chi connectivity index (χ1v) is 8.47. The van der Waals surface area contributed by atoms with Gasteiger partial charge < -0.3 is 5.32 Å². The molecule has 0 amide bonds. The molecule has 23 heavy (non-hydrogen) atoms. The van der Waals surface area contributed by atoms with Gasteiger partial charge in [-0.2, -0.15) is 4.39 Å². The molecule has 0 spiro atoms. The lowest BCUT2D eigenvalue weighted by atomic mass is 10.1. The summed E-state index contributed by atoms with van der Waals surface area (Å²) in [6.07, 6.45) is 5.30. The Balaban J connectivity index is 1.65. The summed E-state index contributed by atoms with van der Waals surface area (Å²) in [6.45, 7) is 4.04. The number of aromatic nitrogens is 1. The van der Waals surface area contributed by atoms with E-state index in [1.54, 1.807) is 12.1 Å². The van der Waals surface area contributed by atoms with E-state index in [9.17, 15) is 4.39 Å². The Morgan fingerprint density at radius 1 is 0.913 bits per heavy atom. The number of halogens is 1. The van der Waals surface area contributed by atoms with Gasteiger partial charge in [-0.05, 0) is 49.2 Å². The molecule has 1 aromatic heterocycles. The van der Waals surface area contributed by atoms with Crippen molar-refractivity contribution in [1.82, 2.24) is 9.88 Å². The van der Waals surface area contributed by atoms with Crippen molar-refractivity contribution >= 4 is 5.82 Å². The summed E-state index contributed by atoms with van der Waals surface area (Å²) in [4.78, 5) is 6.41. The third kappa shape index (κ3) is 4.76. The van der Waals surface area contributed by atoms with Crippen LogP contribution in [0.3, 0.4) is 0 Å². The number of nitrogens with zero attached hydrogens (tertiary/aromatic N) is 2. The van der Waals surface area contributed by atoms with Crippen LogP contribution in [0, 0.1) is 5.95 Å². The summed E-state index contributed by atoms with van der Waals surface area (Å²) in [5, 5.41) is 3.22. The van der Waals surface area contributed by atoms with Crippen LogP contribution >= 0.6 is 0 Å². The molecule has 122 valence electrons. The Hall–Kier alpha value is -1.94. The largest absolute Gasteiger partial charge is 0.366 e. The smallest absolute Gasteiger partial charge is 0.214 e. The maximum Gasteiger partial charge on any atom is 0.214 e. The maximum atomic E-state index is 13.2. The van der Waals surface area contributed by atoms with E-state index >= 15 is 0 Å². The minimum absolute atomic E-state index is 0.451. The number of nitrogens with one attached hydrogen (secondary N) is 1. The lowest BCUT2D eigenvalue weighted by Gasteiger charge is -2.21. The van der Waals surface area contributed by atoms with Gasteiger partial charge in [0.1, 0.15) is 5.82 Å².